The Hall–Kier alpha value is -1.11. The molecule has 1 aromatic carbocycles. The molecule has 1 saturated heterocycles. The normalized spacial score (nSPS) is 20.1. The number of carboxylic acid groups (broad SMARTS) is 1. The van der Waals surface area contributed by atoms with Crippen molar-refractivity contribution in [3.63, 3.8) is 0 Å². The predicted octanol–water partition coefficient (Wildman–Crippen LogP) is 2.85. The van der Waals surface area contributed by atoms with Crippen molar-refractivity contribution in [3.05, 3.63) is 28.8 Å². The molecule has 5 nitrogen and oxygen atoms in total. The maximum atomic E-state index is 12.7. The zero-order valence-corrected chi connectivity index (χ0v) is 13.5. The Kier molecular flexibility index (Phi) is 4.60. The molecule has 1 fully saturated rings. The van der Waals surface area contributed by atoms with E-state index in [1.807, 2.05) is 13.8 Å². The van der Waals surface area contributed by atoms with E-state index in [1.165, 1.54) is 16.4 Å². The van der Waals surface area contributed by atoms with Crippen molar-refractivity contribution < 1.29 is 18.3 Å². The molecule has 0 aromatic heterocycles. The summed E-state index contributed by atoms with van der Waals surface area (Å²) >= 11 is 5.79. The van der Waals surface area contributed by atoms with Gasteiger partial charge in [0.15, 0.2) is 0 Å². The van der Waals surface area contributed by atoms with Crippen LogP contribution in [-0.4, -0.2) is 36.4 Å². The number of benzene rings is 1. The summed E-state index contributed by atoms with van der Waals surface area (Å²) in [7, 11) is -3.69. The third-order valence-electron chi connectivity index (χ3n) is 3.79. The van der Waals surface area contributed by atoms with Gasteiger partial charge in [0.1, 0.15) is 0 Å². The van der Waals surface area contributed by atoms with E-state index < -0.39 is 16.0 Å². The van der Waals surface area contributed by atoms with Gasteiger partial charge < -0.3 is 5.11 Å². The fourth-order valence-corrected chi connectivity index (χ4v) is 4.75. The largest absolute Gasteiger partial charge is 0.478 e. The van der Waals surface area contributed by atoms with Crippen LogP contribution in [0.15, 0.2) is 23.1 Å². The summed E-state index contributed by atoms with van der Waals surface area (Å²) in [6.07, 6.45) is 1.65. The summed E-state index contributed by atoms with van der Waals surface area (Å²) in [5, 5.41) is 9.10. The van der Waals surface area contributed by atoms with Crippen molar-refractivity contribution in [2.75, 3.05) is 6.54 Å². The van der Waals surface area contributed by atoms with Gasteiger partial charge in [0, 0.05) is 12.6 Å². The lowest BCUT2D eigenvalue weighted by molar-refractivity contribution is 0.0697. The second-order valence-corrected chi connectivity index (χ2v) is 7.81. The van der Waals surface area contributed by atoms with Crippen LogP contribution < -0.4 is 0 Å². The molecule has 0 amide bonds. The molecule has 0 saturated carbocycles. The first-order valence-corrected chi connectivity index (χ1v) is 8.61. The highest BCUT2D eigenvalue weighted by Crippen LogP contribution is 2.31. The topological polar surface area (TPSA) is 74.7 Å². The highest BCUT2D eigenvalue weighted by molar-refractivity contribution is 7.89. The second kappa shape index (κ2) is 5.94. The van der Waals surface area contributed by atoms with Gasteiger partial charge in [-0.1, -0.05) is 25.4 Å². The van der Waals surface area contributed by atoms with Crippen molar-refractivity contribution in [2.24, 2.45) is 5.92 Å². The van der Waals surface area contributed by atoms with Crippen LogP contribution in [0.2, 0.25) is 5.02 Å². The number of hydrogen-bond acceptors (Lipinski definition) is 3. The average molecular weight is 332 g/mol. The summed E-state index contributed by atoms with van der Waals surface area (Å²) < 4.78 is 26.9. The Morgan fingerprint density at radius 3 is 2.67 bits per heavy atom. The molecular weight excluding hydrogens is 314 g/mol. The lowest BCUT2D eigenvalue weighted by atomic mass is 10.0. The fourth-order valence-electron chi connectivity index (χ4n) is 2.69. The number of carboxylic acids is 1. The number of rotatable bonds is 4. The Morgan fingerprint density at radius 1 is 1.43 bits per heavy atom. The van der Waals surface area contributed by atoms with E-state index in [4.69, 9.17) is 16.7 Å². The van der Waals surface area contributed by atoms with E-state index >= 15 is 0 Å². The van der Waals surface area contributed by atoms with Gasteiger partial charge in [-0.3, -0.25) is 0 Å². The summed E-state index contributed by atoms with van der Waals surface area (Å²) in [6.45, 7) is 4.45. The minimum Gasteiger partial charge on any atom is -0.478 e. The van der Waals surface area contributed by atoms with Crippen LogP contribution >= 0.6 is 11.6 Å². The first-order chi connectivity index (χ1) is 9.75. The maximum absolute atomic E-state index is 12.7. The van der Waals surface area contributed by atoms with Crippen LogP contribution in [0.1, 0.15) is 37.0 Å². The molecule has 1 aromatic rings. The lowest BCUT2D eigenvalue weighted by Crippen LogP contribution is -2.38. The molecular formula is C14H18ClNO4S. The van der Waals surface area contributed by atoms with E-state index in [0.717, 1.165) is 18.9 Å². The second-order valence-electron chi connectivity index (χ2n) is 5.52. The summed E-state index contributed by atoms with van der Waals surface area (Å²) in [5.74, 6) is -1.02. The highest BCUT2D eigenvalue weighted by atomic mass is 35.5. The van der Waals surface area contributed by atoms with Gasteiger partial charge in [0.05, 0.1) is 15.5 Å². The summed E-state index contributed by atoms with van der Waals surface area (Å²) in [6, 6.07) is 3.77. The van der Waals surface area contributed by atoms with E-state index in [0.29, 0.717) is 6.54 Å². The number of aromatic carboxylic acids is 1. The van der Waals surface area contributed by atoms with Crippen LogP contribution in [0.3, 0.4) is 0 Å². The predicted molar refractivity (Wildman–Crippen MR) is 80.2 cm³/mol. The van der Waals surface area contributed by atoms with Crippen LogP contribution in [0.5, 0.6) is 0 Å². The van der Waals surface area contributed by atoms with Crippen molar-refractivity contribution in [3.8, 4) is 0 Å². The van der Waals surface area contributed by atoms with Crippen LogP contribution in [0.4, 0.5) is 0 Å². The SMILES string of the molecule is CC(C)C1CCCN1S(=O)(=O)c1ccc(Cl)c(C(=O)O)c1. The van der Waals surface area contributed by atoms with Crippen LogP contribution in [0.25, 0.3) is 0 Å². The molecule has 116 valence electrons. The summed E-state index contributed by atoms with van der Waals surface area (Å²) in [5.41, 5.74) is -0.196. The number of nitrogens with zero attached hydrogens (tertiary/aromatic N) is 1. The number of carbonyl (C=O) groups is 1. The molecule has 21 heavy (non-hydrogen) atoms. The van der Waals surface area contributed by atoms with Gasteiger partial charge in [-0.15, -0.1) is 0 Å². The zero-order chi connectivity index (χ0) is 15.8. The number of sulfonamides is 1. The van der Waals surface area contributed by atoms with Crippen molar-refractivity contribution in [1.82, 2.24) is 4.31 Å². The Bertz CT molecular complexity index is 657. The maximum Gasteiger partial charge on any atom is 0.337 e. The molecule has 1 unspecified atom stereocenters. The Labute approximate surface area is 129 Å². The average Bonchev–Trinajstić information content (AvgIpc) is 2.88. The van der Waals surface area contributed by atoms with E-state index in [-0.39, 0.29) is 27.4 Å². The van der Waals surface area contributed by atoms with Gasteiger partial charge in [0.25, 0.3) is 0 Å². The molecule has 0 bridgehead atoms. The first-order valence-electron chi connectivity index (χ1n) is 6.80. The smallest absolute Gasteiger partial charge is 0.337 e. The molecule has 0 radical (unpaired) electrons. The zero-order valence-electron chi connectivity index (χ0n) is 11.9. The van der Waals surface area contributed by atoms with Crippen LogP contribution in [-0.2, 0) is 10.0 Å². The third-order valence-corrected chi connectivity index (χ3v) is 6.04. The van der Waals surface area contributed by atoms with Gasteiger partial charge in [-0.05, 0) is 37.0 Å². The monoisotopic (exact) mass is 331 g/mol. The van der Waals surface area contributed by atoms with E-state index in [2.05, 4.69) is 0 Å². The van der Waals surface area contributed by atoms with E-state index in [1.54, 1.807) is 0 Å². The molecule has 1 heterocycles. The molecule has 0 aliphatic carbocycles. The standard InChI is InChI=1S/C14H18ClNO4S/c1-9(2)13-4-3-7-16(13)21(19,20)10-5-6-12(15)11(8-10)14(17)18/h5-6,8-9,13H,3-4,7H2,1-2H3,(H,17,18). The van der Waals surface area contributed by atoms with Gasteiger partial charge in [0.2, 0.25) is 10.0 Å². The van der Waals surface area contributed by atoms with Crippen molar-refractivity contribution in [2.45, 2.75) is 37.6 Å². The van der Waals surface area contributed by atoms with Gasteiger partial charge >= 0.3 is 5.97 Å². The van der Waals surface area contributed by atoms with Gasteiger partial charge in [-0.25, -0.2) is 13.2 Å². The fraction of sp³-hybridized carbons (Fsp3) is 0.500. The first kappa shape index (κ1) is 16.3. The van der Waals surface area contributed by atoms with Crippen LogP contribution in [0, 0.1) is 5.92 Å². The molecule has 2 rings (SSSR count). The molecule has 7 heteroatoms. The molecule has 1 aliphatic heterocycles. The quantitative estimate of drug-likeness (QED) is 0.920. The number of hydrogen-bond donors (Lipinski definition) is 1. The summed E-state index contributed by atoms with van der Waals surface area (Å²) in [4.78, 5) is 11.1. The molecule has 1 atom stereocenters. The van der Waals surface area contributed by atoms with Crippen molar-refractivity contribution >= 4 is 27.6 Å². The Balaban J connectivity index is 2.45. The minimum absolute atomic E-state index is 0.0168. The van der Waals surface area contributed by atoms with Crippen molar-refractivity contribution in [1.29, 1.82) is 0 Å². The molecule has 1 N–H and O–H groups in total. The molecule has 1 aliphatic rings. The third kappa shape index (κ3) is 3.07. The van der Waals surface area contributed by atoms with Gasteiger partial charge in [-0.2, -0.15) is 4.31 Å². The molecule has 0 spiro atoms. The highest BCUT2D eigenvalue weighted by Gasteiger charge is 2.37. The Morgan fingerprint density at radius 2 is 2.10 bits per heavy atom. The minimum atomic E-state index is -3.69. The van der Waals surface area contributed by atoms with E-state index in [9.17, 15) is 13.2 Å². The lowest BCUT2D eigenvalue weighted by Gasteiger charge is -2.27. The number of halogens is 1.